The van der Waals surface area contributed by atoms with Crippen molar-refractivity contribution in [3.8, 4) is 0 Å². The van der Waals surface area contributed by atoms with Crippen molar-refractivity contribution in [3.05, 3.63) is 27.7 Å². The molecule has 0 amide bonds. The second-order valence-electron chi connectivity index (χ2n) is 4.01. The van der Waals surface area contributed by atoms with Crippen LogP contribution in [0, 0.1) is 0 Å². The molecule has 0 saturated heterocycles. The van der Waals surface area contributed by atoms with Crippen LogP contribution >= 0.6 is 23.2 Å². The molecule has 0 aromatic heterocycles. The number of hydrogen-bond acceptors (Lipinski definition) is 4. The molecule has 0 aliphatic rings. The van der Waals surface area contributed by atoms with E-state index in [2.05, 4.69) is 4.72 Å². The van der Waals surface area contributed by atoms with Crippen LogP contribution < -0.4 is 4.72 Å². The third-order valence-electron chi connectivity index (χ3n) is 2.33. The van der Waals surface area contributed by atoms with Gasteiger partial charge in [0.1, 0.15) is 4.90 Å². The van der Waals surface area contributed by atoms with Gasteiger partial charge in [-0.15, -0.1) is 0 Å². The van der Waals surface area contributed by atoms with Gasteiger partial charge >= 0.3 is 0 Å². The van der Waals surface area contributed by atoms with E-state index in [-0.39, 0.29) is 28.2 Å². The number of rotatable bonds is 6. The van der Waals surface area contributed by atoms with Gasteiger partial charge in [-0.1, -0.05) is 23.2 Å². The van der Waals surface area contributed by atoms with Gasteiger partial charge in [-0.3, -0.25) is 0 Å². The molecular formula is C11H15Cl2NO4S. The predicted octanol–water partition coefficient (Wildman–Crippen LogP) is 1.80. The van der Waals surface area contributed by atoms with E-state index in [9.17, 15) is 8.42 Å². The summed E-state index contributed by atoms with van der Waals surface area (Å²) in [4.78, 5) is -0.120. The molecule has 1 aromatic rings. The summed E-state index contributed by atoms with van der Waals surface area (Å²) < 4.78 is 31.6. The number of benzene rings is 1. The Hall–Kier alpha value is -0.370. The second-order valence-corrected chi connectivity index (χ2v) is 6.51. The first-order chi connectivity index (χ1) is 8.81. The van der Waals surface area contributed by atoms with Crippen molar-refractivity contribution >= 4 is 33.2 Å². The molecule has 0 radical (unpaired) electrons. The molecule has 2 N–H and O–H groups in total. The smallest absolute Gasteiger partial charge is 0.242 e. The molecule has 0 saturated carbocycles. The van der Waals surface area contributed by atoms with Crippen molar-refractivity contribution in [2.24, 2.45) is 0 Å². The fraction of sp³-hybridized carbons (Fsp3) is 0.455. The maximum atomic E-state index is 12.1. The molecule has 0 spiro atoms. The maximum Gasteiger partial charge on any atom is 0.242 e. The summed E-state index contributed by atoms with van der Waals surface area (Å²) in [5.41, 5.74) is 0.297. The number of hydrogen-bond donors (Lipinski definition) is 2. The summed E-state index contributed by atoms with van der Waals surface area (Å²) in [6.07, 6.45) is 0. The third kappa shape index (κ3) is 4.30. The van der Waals surface area contributed by atoms with Crippen LogP contribution in [-0.4, -0.2) is 33.3 Å². The SMILES string of the molecule is COCC(C)NS(=O)(=O)c1cc(CO)c(Cl)cc1Cl. The zero-order valence-electron chi connectivity index (χ0n) is 10.5. The highest BCUT2D eigenvalue weighted by molar-refractivity contribution is 7.89. The van der Waals surface area contributed by atoms with Crippen LogP contribution in [0.4, 0.5) is 0 Å². The normalized spacial score (nSPS) is 13.5. The Morgan fingerprint density at radius 3 is 2.53 bits per heavy atom. The molecule has 0 heterocycles. The Balaban J connectivity index is 3.14. The lowest BCUT2D eigenvalue weighted by Crippen LogP contribution is -2.35. The number of sulfonamides is 1. The van der Waals surface area contributed by atoms with E-state index < -0.39 is 16.1 Å². The predicted molar refractivity (Wildman–Crippen MR) is 74.0 cm³/mol. The average molecular weight is 328 g/mol. The number of aliphatic hydroxyl groups excluding tert-OH is 1. The van der Waals surface area contributed by atoms with Crippen LogP contribution in [0.1, 0.15) is 12.5 Å². The van der Waals surface area contributed by atoms with Crippen molar-refractivity contribution in [1.29, 1.82) is 0 Å². The standard InChI is InChI=1S/C11H15Cl2NO4S/c1-7(6-18-2)14-19(16,17)11-3-8(5-15)9(12)4-10(11)13/h3-4,7,14-15H,5-6H2,1-2H3. The molecule has 0 aliphatic carbocycles. The lowest BCUT2D eigenvalue weighted by Gasteiger charge is -2.15. The van der Waals surface area contributed by atoms with Gasteiger partial charge in [-0.25, -0.2) is 13.1 Å². The summed E-state index contributed by atoms with van der Waals surface area (Å²) in [7, 11) is -2.32. The highest BCUT2D eigenvalue weighted by Gasteiger charge is 2.22. The molecule has 1 rings (SSSR count). The van der Waals surface area contributed by atoms with Crippen LogP contribution in [0.2, 0.25) is 10.0 Å². The number of nitrogens with one attached hydrogen (secondary N) is 1. The quantitative estimate of drug-likeness (QED) is 0.835. The van der Waals surface area contributed by atoms with Crippen LogP contribution in [0.25, 0.3) is 0 Å². The zero-order valence-corrected chi connectivity index (χ0v) is 12.8. The summed E-state index contributed by atoms with van der Waals surface area (Å²) in [5.74, 6) is 0. The first-order valence-electron chi connectivity index (χ1n) is 5.42. The van der Waals surface area contributed by atoms with Crippen molar-refractivity contribution < 1.29 is 18.3 Å². The molecule has 8 heteroatoms. The highest BCUT2D eigenvalue weighted by atomic mass is 35.5. The van der Waals surface area contributed by atoms with E-state index in [1.807, 2.05) is 0 Å². The maximum absolute atomic E-state index is 12.1. The van der Waals surface area contributed by atoms with E-state index in [4.69, 9.17) is 33.0 Å². The lowest BCUT2D eigenvalue weighted by molar-refractivity contribution is 0.180. The fourth-order valence-electron chi connectivity index (χ4n) is 1.51. The molecule has 0 fully saturated rings. The van der Waals surface area contributed by atoms with Crippen molar-refractivity contribution in [2.75, 3.05) is 13.7 Å². The highest BCUT2D eigenvalue weighted by Crippen LogP contribution is 2.28. The largest absolute Gasteiger partial charge is 0.392 e. The minimum absolute atomic E-state index is 0.000633. The van der Waals surface area contributed by atoms with Gasteiger partial charge in [-0.2, -0.15) is 0 Å². The van der Waals surface area contributed by atoms with Gasteiger partial charge in [0.25, 0.3) is 0 Å². The summed E-state index contributed by atoms with van der Waals surface area (Å²) in [6, 6.07) is 2.15. The molecule has 19 heavy (non-hydrogen) atoms. The molecule has 0 bridgehead atoms. The van der Waals surface area contributed by atoms with Crippen molar-refractivity contribution in [1.82, 2.24) is 4.72 Å². The second kappa shape index (κ2) is 6.88. The molecular weight excluding hydrogens is 313 g/mol. The topological polar surface area (TPSA) is 75.6 Å². The van der Waals surface area contributed by atoms with E-state index in [1.165, 1.54) is 19.2 Å². The monoisotopic (exact) mass is 327 g/mol. The number of halogens is 2. The first kappa shape index (κ1) is 16.7. The van der Waals surface area contributed by atoms with E-state index >= 15 is 0 Å². The molecule has 5 nitrogen and oxygen atoms in total. The van der Waals surface area contributed by atoms with Gasteiger partial charge in [0.05, 0.1) is 18.2 Å². The number of ether oxygens (including phenoxy) is 1. The van der Waals surface area contributed by atoms with Crippen LogP contribution in [-0.2, 0) is 21.4 Å². The summed E-state index contributed by atoms with van der Waals surface area (Å²) in [6.45, 7) is 1.53. The van der Waals surface area contributed by atoms with Gasteiger partial charge in [0, 0.05) is 18.2 Å². The minimum Gasteiger partial charge on any atom is -0.392 e. The Morgan fingerprint density at radius 2 is 2.00 bits per heavy atom. The van der Waals surface area contributed by atoms with Gasteiger partial charge in [0.2, 0.25) is 10.0 Å². The van der Waals surface area contributed by atoms with Gasteiger partial charge in [0.15, 0.2) is 0 Å². The molecule has 108 valence electrons. The Labute approximate surface area is 122 Å². The van der Waals surface area contributed by atoms with Crippen molar-refractivity contribution in [3.63, 3.8) is 0 Å². The third-order valence-corrected chi connectivity index (χ3v) is 4.74. The Bertz CT molecular complexity index is 548. The van der Waals surface area contributed by atoms with Gasteiger partial charge in [-0.05, 0) is 24.6 Å². The van der Waals surface area contributed by atoms with Crippen LogP contribution in [0.5, 0.6) is 0 Å². The summed E-state index contributed by atoms with van der Waals surface area (Å²) in [5, 5.41) is 9.32. The fourth-order valence-corrected chi connectivity index (χ4v) is 3.60. The number of aliphatic hydroxyl groups is 1. The average Bonchev–Trinajstić information content (AvgIpc) is 2.28. The first-order valence-corrected chi connectivity index (χ1v) is 7.65. The molecule has 1 unspecified atom stereocenters. The van der Waals surface area contributed by atoms with E-state index in [1.54, 1.807) is 6.92 Å². The van der Waals surface area contributed by atoms with Crippen molar-refractivity contribution in [2.45, 2.75) is 24.5 Å². The van der Waals surface area contributed by atoms with Crippen LogP contribution in [0.3, 0.4) is 0 Å². The number of methoxy groups -OCH3 is 1. The van der Waals surface area contributed by atoms with Gasteiger partial charge < -0.3 is 9.84 Å². The zero-order chi connectivity index (χ0) is 14.6. The van der Waals surface area contributed by atoms with E-state index in [0.717, 1.165) is 0 Å². The summed E-state index contributed by atoms with van der Waals surface area (Å²) >= 11 is 11.7. The molecule has 1 aromatic carbocycles. The molecule has 1 atom stereocenters. The lowest BCUT2D eigenvalue weighted by atomic mass is 10.2. The molecule has 0 aliphatic heterocycles. The Kier molecular flexibility index (Phi) is 6.04. The minimum atomic E-state index is -3.79. The van der Waals surface area contributed by atoms with E-state index in [0.29, 0.717) is 5.56 Å². The van der Waals surface area contributed by atoms with Crippen LogP contribution in [0.15, 0.2) is 17.0 Å². The Morgan fingerprint density at radius 1 is 1.37 bits per heavy atom.